The average Bonchev–Trinajstić information content (AvgIpc) is 2.96. The number of carbonyl (C=O) groups is 1. The largest absolute Gasteiger partial charge is 0.294 e. The molecule has 3 nitrogen and oxygen atoms in total. The molecule has 0 aliphatic heterocycles. The number of hydrogen-bond acceptors (Lipinski definition) is 2. The molecule has 1 heterocycles. The minimum Gasteiger partial charge on any atom is -0.294 e. The van der Waals surface area contributed by atoms with Gasteiger partial charge in [0.15, 0.2) is 5.78 Å². The second-order valence-electron chi connectivity index (χ2n) is 5.82. The predicted octanol–water partition coefficient (Wildman–Crippen LogP) is 5.37. The van der Waals surface area contributed by atoms with Crippen LogP contribution in [0.1, 0.15) is 28.9 Å². The van der Waals surface area contributed by atoms with Crippen LogP contribution >= 0.6 is 23.2 Å². The Labute approximate surface area is 149 Å². The molecule has 24 heavy (non-hydrogen) atoms. The van der Waals surface area contributed by atoms with Gasteiger partial charge in [0.25, 0.3) is 0 Å². The zero-order valence-corrected chi connectivity index (χ0v) is 14.3. The van der Waals surface area contributed by atoms with Gasteiger partial charge in [0.1, 0.15) is 5.69 Å². The van der Waals surface area contributed by atoms with Crippen molar-refractivity contribution in [1.29, 1.82) is 0 Å². The third-order valence-corrected chi connectivity index (χ3v) is 4.81. The predicted molar refractivity (Wildman–Crippen MR) is 96.3 cm³/mol. The maximum absolute atomic E-state index is 12.6. The van der Waals surface area contributed by atoms with Crippen molar-refractivity contribution >= 4 is 29.0 Å². The van der Waals surface area contributed by atoms with Gasteiger partial charge < -0.3 is 0 Å². The molecule has 1 aliphatic carbocycles. The van der Waals surface area contributed by atoms with Crippen LogP contribution in [0.25, 0.3) is 16.9 Å². The summed E-state index contributed by atoms with van der Waals surface area (Å²) in [7, 11) is 0. The molecule has 0 spiro atoms. The van der Waals surface area contributed by atoms with E-state index in [4.69, 9.17) is 28.3 Å². The van der Waals surface area contributed by atoms with Crippen LogP contribution < -0.4 is 0 Å². The molecule has 0 radical (unpaired) electrons. The molecular formula is C19H14Cl2N2O. The molecule has 0 unspecified atom stereocenters. The van der Waals surface area contributed by atoms with Gasteiger partial charge in [-0.05, 0) is 43.2 Å². The van der Waals surface area contributed by atoms with E-state index in [0.29, 0.717) is 27.7 Å². The fraction of sp³-hybridized carbons (Fsp3) is 0.158. The van der Waals surface area contributed by atoms with Crippen LogP contribution in [0.4, 0.5) is 0 Å². The Bertz CT molecular complexity index is 932. The fourth-order valence-electron chi connectivity index (χ4n) is 3.17. The lowest BCUT2D eigenvalue weighted by Gasteiger charge is -2.13. The van der Waals surface area contributed by atoms with Crippen molar-refractivity contribution in [1.82, 2.24) is 9.78 Å². The van der Waals surface area contributed by atoms with Crippen LogP contribution in [0.2, 0.25) is 10.0 Å². The zero-order chi connectivity index (χ0) is 16.7. The molecule has 120 valence electrons. The van der Waals surface area contributed by atoms with E-state index in [-0.39, 0.29) is 5.78 Å². The fourth-order valence-corrected chi connectivity index (χ4v) is 3.67. The molecule has 4 rings (SSSR count). The van der Waals surface area contributed by atoms with Crippen molar-refractivity contribution in [2.75, 3.05) is 0 Å². The number of para-hydroxylation sites is 1. The molecule has 3 aromatic rings. The van der Waals surface area contributed by atoms with Crippen LogP contribution in [-0.2, 0) is 6.42 Å². The highest BCUT2D eigenvalue weighted by atomic mass is 35.5. The third-order valence-electron chi connectivity index (χ3n) is 4.26. The minimum absolute atomic E-state index is 0.124. The van der Waals surface area contributed by atoms with Crippen molar-refractivity contribution in [3.63, 3.8) is 0 Å². The van der Waals surface area contributed by atoms with E-state index in [9.17, 15) is 4.79 Å². The summed E-state index contributed by atoms with van der Waals surface area (Å²) in [5, 5.41) is 5.80. The monoisotopic (exact) mass is 356 g/mol. The summed E-state index contributed by atoms with van der Waals surface area (Å²) < 4.78 is 1.87. The quantitative estimate of drug-likeness (QED) is 0.618. The van der Waals surface area contributed by atoms with Gasteiger partial charge in [-0.3, -0.25) is 4.79 Å². The van der Waals surface area contributed by atoms with E-state index < -0.39 is 0 Å². The standard InChI is InChI=1S/C19H14Cl2N2O/c20-12-9-10-14(15(21)11-12)19-18-16(7-4-8-17(18)24)23(22-19)13-5-2-1-3-6-13/h1-3,5-6,9-11H,4,7-8H2. The smallest absolute Gasteiger partial charge is 0.166 e. The van der Waals surface area contributed by atoms with E-state index >= 15 is 0 Å². The van der Waals surface area contributed by atoms with Crippen molar-refractivity contribution in [3.05, 3.63) is 69.8 Å². The number of benzene rings is 2. The summed E-state index contributed by atoms with van der Waals surface area (Å²) in [4.78, 5) is 12.6. The van der Waals surface area contributed by atoms with Crippen molar-refractivity contribution in [2.45, 2.75) is 19.3 Å². The lowest BCUT2D eigenvalue weighted by Crippen LogP contribution is -2.13. The Morgan fingerprint density at radius 1 is 1.00 bits per heavy atom. The van der Waals surface area contributed by atoms with Crippen LogP contribution in [0.15, 0.2) is 48.5 Å². The molecule has 5 heteroatoms. The Morgan fingerprint density at radius 2 is 1.79 bits per heavy atom. The highest BCUT2D eigenvalue weighted by molar-refractivity contribution is 6.36. The first kappa shape index (κ1) is 15.4. The van der Waals surface area contributed by atoms with Gasteiger partial charge >= 0.3 is 0 Å². The number of hydrogen-bond donors (Lipinski definition) is 0. The summed E-state index contributed by atoms with van der Waals surface area (Å²) in [6.07, 6.45) is 2.22. The second-order valence-corrected chi connectivity index (χ2v) is 6.66. The number of ketones is 1. The van der Waals surface area contributed by atoms with Gasteiger partial charge in [-0.1, -0.05) is 41.4 Å². The second kappa shape index (κ2) is 6.08. The number of fused-ring (bicyclic) bond motifs is 1. The molecule has 0 saturated carbocycles. The topological polar surface area (TPSA) is 34.9 Å². The molecule has 0 fully saturated rings. The summed E-state index contributed by atoms with van der Waals surface area (Å²) in [6, 6.07) is 15.1. The van der Waals surface area contributed by atoms with Crippen LogP contribution in [-0.4, -0.2) is 15.6 Å². The van der Waals surface area contributed by atoms with Crippen molar-refractivity contribution in [2.24, 2.45) is 0 Å². The van der Waals surface area contributed by atoms with E-state index in [1.165, 1.54) is 0 Å². The summed E-state index contributed by atoms with van der Waals surface area (Å²) in [5.41, 5.74) is 3.97. The molecule has 0 amide bonds. The summed E-state index contributed by atoms with van der Waals surface area (Å²) in [5.74, 6) is 0.124. The van der Waals surface area contributed by atoms with Gasteiger partial charge in [-0.15, -0.1) is 0 Å². The number of aromatic nitrogens is 2. The lowest BCUT2D eigenvalue weighted by atomic mass is 9.92. The normalized spacial score (nSPS) is 13.8. The third kappa shape index (κ3) is 2.54. The first-order valence-electron chi connectivity index (χ1n) is 7.81. The highest BCUT2D eigenvalue weighted by Gasteiger charge is 2.29. The van der Waals surface area contributed by atoms with Gasteiger partial charge in [-0.25, -0.2) is 4.68 Å². The van der Waals surface area contributed by atoms with Gasteiger partial charge in [0, 0.05) is 17.0 Å². The van der Waals surface area contributed by atoms with E-state index in [2.05, 4.69) is 0 Å². The number of rotatable bonds is 2. The Morgan fingerprint density at radius 3 is 2.54 bits per heavy atom. The van der Waals surface area contributed by atoms with E-state index in [1.807, 2.05) is 41.1 Å². The van der Waals surface area contributed by atoms with Gasteiger partial charge in [0.2, 0.25) is 0 Å². The lowest BCUT2D eigenvalue weighted by molar-refractivity contribution is 0.0973. The minimum atomic E-state index is 0.124. The Kier molecular flexibility index (Phi) is 3.91. The number of Topliss-reactive ketones (excluding diaryl/α,β-unsaturated/α-hetero) is 1. The first-order chi connectivity index (χ1) is 11.6. The molecular weight excluding hydrogens is 343 g/mol. The Hall–Kier alpha value is -2.10. The summed E-state index contributed by atoms with van der Waals surface area (Å²) >= 11 is 12.4. The number of halogens is 2. The molecule has 2 aromatic carbocycles. The molecule has 0 saturated heterocycles. The number of nitrogens with zero attached hydrogens (tertiary/aromatic N) is 2. The molecule has 1 aromatic heterocycles. The first-order valence-corrected chi connectivity index (χ1v) is 8.56. The van der Waals surface area contributed by atoms with Crippen LogP contribution in [0.5, 0.6) is 0 Å². The average molecular weight is 357 g/mol. The van der Waals surface area contributed by atoms with Gasteiger partial charge in [-0.2, -0.15) is 5.10 Å². The SMILES string of the molecule is O=C1CCCc2c1c(-c1ccc(Cl)cc1Cl)nn2-c1ccccc1. The van der Waals surface area contributed by atoms with E-state index in [1.54, 1.807) is 12.1 Å². The maximum atomic E-state index is 12.6. The van der Waals surface area contributed by atoms with Crippen molar-refractivity contribution < 1.29 is 4.79 Å². The zero-order valence-electron chi connectivity index (χ0n) is 12.8. The van der Waals surface area contributed by atoms with Gasteiger partial charge in [0.05, 0.1) is 22.0 Å². The molecule has 0 N–H and O–H groups in total. The molecule has 0 atom stereocenters. The number of carbonyl (C=O) groups excluding carboxylic acids is 1. The molecule has 0 bridgehead atoms. The highest BCUT2D eigenvalue weighted by Crippen LogP contribution is 2.36. The summed E-state index contributed by atoms with van der Waals surface area (Å²) in [6.45, 7) is 0. The van der Waals surface area contributed by atoms with E-state index in [0.717, 1.165) is 29.8 Å². The maximum Gasteiger partial charge on any atom is 0.166 e. The van der Waals surface area contributed by atoms with Crippen LogP contribution in [0.3, 0.4) is 0 Å². The Balaban J connectivity index is 1.98. The molecule has 1 aliphatic rings. The van der Waals surface area contributed by atoms with Crippen LogP contribution in [0, 0.1) is 0 Å². The van der Waals surface area contributed by atoms with Crippen molar-refractivity contribution in [3.8, 4) is 16.9 Å².